The predicted molar refractivity (Wildman–Crippen MR) is 35.6 cm³/mol. The van der Waals surface area contributed by atoms with Gasteiger partial charge in [-0.05, 0) is 6.92 Å². The van der Waals surface area contributed by atoms with Crippen molar-refractivity contribution in [2.75, 3.05) is 0 Å². The number of hydrogen-bond donors (Lipinski definition) is 0. The molecule has 14 heavy (non-hydrogen) atoms. The van der Waals surface area contributed by atoms with Crippen LogP contribution in [0.4, 0.5) is 22.0 Å². The van der Waals surface area contributed by atoms with Gasteiger partial charge in [0.25, 0.3) is 5.88 Å². The summed E-state index contributed by atoms with van der Waals surface area (Å²) in [6.07, 6.45) is -4.59. The topological polar surface area (TPSA) is 22.1 Å². The molecule has 0 aliphatic heterocycles. The molecule has 0 atom stereocenters. The third-order valence-electron chi connectivity index (χ3n) is 1.38. The van der Waals surface area contributed by atoms with E-state index in [4.69, 9.17) is 0 Å². The smallest absolute Gasteiger partial charge is 0.385 e. The number of halogens is 5. The molecule has 1 aromatic heterocycles. The molecule has 2 nitrogen and oxygen atoms in total. The van der Waals surface area contributed by atoms with Crippen molar-refractivity contribution in [1.29, 1.82) is 0 Å². The summed E-state index contributed by atoms with van der Waals surface area (Å²) in [4.78, 5) is 2.83. The van der Waals surface area contributed by atoms with E-state index in [1.54, 1.807) is 0 Å². The van der Waals surface area contributed by atoms with Crippen LogP contribution in [0.1, 0.15) is 5.56 Å². The number of pyridine rings is 1. The van der Waals surface area contributed by atoms with Crippen LogP contribution in [0.15, 0.2) is 6.20 Å². The lowest BCUT2D eigenvalue weighted by Crippen LogP contribution is -2.19. The van der Waals surface area contributed by atoms with E-state index in [1.165, 1.54) is 0 Å². The molecule has 0 bridgehead atoms. The fraction of sp³-hybridized carbons (Fsp3) is 0.286. The molecule has 0 unspecified atom stereocenters. The Morgan fingerprint density at radius 3 is 2.36 bits per heavy atom. The van der Waals surface area contributed by atoms with E-state index in [0.717, 1.165) is 6.92 Å². The minimum atomic E-state index is -5.04. The number of rotatable bonds is 1. The van der Waals surface area contributed by atoms with Crippen LogP contribution in [0, 0.1) is 18.6 Å². The fourth-order valence-electron chi connectivity index (χ4n) is 0.715. The minimum absolute atomic E-state index is 0.458. The second-order valence-corrected chi connectivity index (χ2v) is 2.40. The zero-order chi connectivity index (χ0) is 10.9. The molecule has 0 amide bonds. The Morgan fingerprint density at radius 2 is 1.86 bits per heavy atom. The largest absolute Gasteiger partial charge is 0.574 e. The maximum absolute atomic E-state index is 12.9. The third-order valence-corrected chi connectivity index (χ3v) is 1.38. The standard InChI is InChI=1S/C7H4F5NO/c1-3-4(8)2-13-6(5(3)9)14-7(10,11)12/h2H,1H3. The Labute approximate surface area is 75.3 Å². The van der Waals surface area contributed by atoms with Gasteiger partial charge < -0.3 is 4.74 Å². The molecule has 0 aliphatic carbocycles. The first kappa shape index (κ1) is 10.7. The average Bonchev–Trinajstić information content (AvgIpc) is 2.04. The summed E-state index contributed by atoms with van der Waals surface area (Å²) < 4.78 is 63.5. The first-order chi connectivity index (χ1) is 6.31. The molecule has 1 rings (SSSR count). The Morgan fingerprint density at radius 1 is 1.29 bits per heavy atom. The van der Waals surface area contributed by atoms with E-state index < -0.39 is 29.4 Å². The van der Waals surface area contributed by atoms with Crippen LogP contribution >= 0.6 is 0 Å². The summed E-state index contributed by atoms with van der Waals surface area (Å²) in [5.74, 6) is -3.77. The second kappa shape index (κ2) is 3.39. The minimum Gasteiger partial charge on any atom is -0.385 e. The molecule has 7 heteroatoms. The first-order valence-corrected chi connectivity index (χ1v) is 3.37. The fourth-order valence-corrected chi connectivity index (χ4v) is 0.715. The highest BCUT2D eigenvalue weighted by Crippen LogP contribution is 2.25. The van der Waals surface area contributed by atoms with Gasteiger partial charge in [0.05, 0.1) is 6.20 Å². The number of alkyl halides is 3. The summed E-state index contributed by atoms with van der Waals surface area (Å²) >= 11 is 0. The highest BCUT2D eigenvalue weighted by molar-refractivity contribution is 5.23. The Hall–Kier alpha value is -1.40. The van der Waals surface area contributed by atoms with E-state index in [-0.39, 0.29) is 0 Å². The van der Waals surface area contributed by atoms with Gasteiger partial charge >= 0.3 is 6.36 Å². The molecule has 0 N–H and O–H groups in total. The van der Waals surface area contributed by atoms with Crippen LogP contribution in [-0.4, -0.2) is 11.3 Å². The van der Waals surface area contributed by atoms with Crippen LogP contribution in [-0.2, 0) is 0 Å². The summed E-state index contributed by atoms with van der Waals surface area (Å²) in [6, 6.07) is 0. The van der Waals surface area contributed by atoms with Crippen LogP contribution in [0.25, 0.3) is 0 Å². The Bertz CT molecular complexity index is 349. The van der Waals surface area contributed by atoms with Crippen LogP contribution in [0.2, 0.25) is 0 Å². The molecule has 1 heterocycles. The number of nitrogens with zero attached hydrogens (tertiary/aromatic N) is 1. The van der Waals surface area contributed by atoms with Crippen LogP contribution < -0.4 is 4.74 Å². The Balaban J connectivity index is 3.06. The predicted octanol–water partition coefficient (Wildman–Crippen LogP) is 2.57. The maximum Gasteiger partial charge on any atom is 0.574 e. The van der Waals surface area contributed by atoms with Crippen molar-refractivity contribution in [3.8, 4) is 5.88 Å². The van der Waals surface area contributed by atoms with E-state index in [1.807, 2.05) is 0 Å². The molecule has 0 spiro atoms. The van der Waals surface area contributed by atoms with Gasteiger partial charge in [-0.3, -0.25) is 0 Å². The van der Waals surface area contributed by atoms with Gasteiger partial charge in [-0.15, -0.1) is 13.2 Å². The van der Waals surface area contributed by atoms with Gasteiger partial charge in [-0.25, -0.2) is 13.8 Å². The van der Waals surface area contributed by atoms with Crippen molar-refractivity contribution >= 4 is 0 Å². The van der Waals surface area contributed by atoms with Gasteiger partial charge in [0.2, 0.25) is 0 Å². The van der Waals surface area contributed by atoms with Gasteiger partial charge in [0, 0.05) is 5.56 Å². The van der Waals surface area contributed by atoms with Crippen molar-refractivity contribution in [3.05, 3.63) is 23.4 Å². The number of ether oxygens (including phenoxy) is 1. The lowest BCUT2D eigenvalue weighted by molar-refractivity contribution is -0.277. The Kier molecular flexibility index (Phi) is 2.59. The maximum atomic E-state index is 12.9. The van der Waals surface area contributed by atoms with Gasteiger partial charge in [-0.1, -0.05) is 0 Å². The molecular formula is C7H4F5NO. The summed E-state index contributed by atoms with van der Waals surface area (Å²) in [5.41, 5.74) is -0.570. The highest BCUT2D eigenvalue weighted by Gasteiger charge is 2.33. The summed E-state index contributed by atoms with van der Waals surface area (Å²) in [6.45, 7) is 0.982. The molecule has 0 saturated heterocycles. The highest BCUT2D eigenvalue weighted by atomic mass is 19.4. The lowest BCUT2D eigenvalue weighted by atomic mass is 10.3. The van der Waals surface area contributed by atoms with Crippen molar-refractivity contribution in [2.45, 2.75) is 13.3 Å². The second-order valence-electron chi connectivity index (χ2n) is 2.40. The SMILES string of the molecule is Cc1c(F)cnc(OC(F)(F)F)c1F. The summed E-state index contributed by atoms with van der Waals surface area (Å²) in [5, 5.41) is 0. The van der Waals surface area contributed by atoms with Crippen molar-refractivity contribution in [3.63, 3.8) is 0 Å². The molecule has 0 aliphatic rings. The zero-order valence-corrected chi connectivity index (χ0v) is 6.82. The molecule has 0 saturated carbocycles. The van der Waals surface area contributed by atoms with Crippen molar-refractivity contribution < 1.29 is 26.7 Å². The van der Waals surface area contributed by atoms with Gasteiger partial charge in [0.15, 0.2) is 5.82 Å². The van der Waals surface area contributed by atoms with Crippen LogP contribution in [0.5, 0.6) is 5.88 Å². The normalized spacial score (nSPS) is 11.6. The van der Waals surface area contributed by atoms with Crippen molar-refractivity contribution in [2.24, 2.45) is 0 Å². The molecule has 78 valence electrons. The molecule has 1 aromatic rings. The molecule has 0 aromatic carbocycles. The lowest BCUT2D eigenvalue weighted by Gasteiger charge is -2.09. The number of aromatic nitrogens is 1. The quantitative estimate of drug-likeness (QED) is 0.669. The monoisotopic (exact) mass is 213 g/mol. The molecule has 0 fully saturated rings. The van der Waals surface area contributed by atoms with Gasteiger partial charge in [0.1, 0.15) is 5.82 Å². The molecule has 0 radical (unpaired) electrons. The molecular weight excluding hydrogens is 209 g/mol. The first-order valence-electron chi connectivity index (χ1n) is 3.37. The van der Waals surface area contributed by atoms with E-state index >= 15 is 0 Å². The van der Waals surface area contributed by atoms with Crippen molar-refractivity contribution in [1.82, 2.24) is 4.98 Å². The van der Waals surface area contributed by atoms with E-state index in [0.29, 0.717) is 6.20 Å². The number of hydrogen-bond acceptors (Lipinski definition) is 2. The van der Waals surface area contributed by atoms with Gasteiger partial charge in [-0.2, -0.15) is 0 Å². The average molecular weight is 213 g/mol. The van der Waals surface area contributed by atoms with E-state index in [2.05, 4.69) is 9.72 Å². The zero-order valence-electron chi connectivity index (χ0n) is 6.82. The van der Waals surface area contributed by atoms with E-state index in [9.17, 15) is 22.0 Å². The third kappa shape index (κ3) is 2.30. The van der Waals surface area contributed by atoms with Crippen LogP contribution in [0.3, 0.4) is 0 Å². The summed E-state index contributed by atoms with van der Waals surface area (Å²) in [7, 11) is 0.